The van der Waals surface area contributed by atoms with Gasteiger partial charge in [0.05, 0.1) is 9.77 Å². The number of nitrogens with zero attached hydrogens (tertiary/aromatic N) is 2. The molecule has 0 N–H and O–H groups in total. The first-order valence-electron chi connectivity index (χ1n) is 9.78. The second-order valence-electron chi connectivity index (χ2n) is 7.19. The number of hydrogen-bond donors (Lipinski definition) is 0. The molecule has 2 aromatic carbocycles. The molecule has 0 saturated carbocycles. The molecule has 0 radical (unpaired) electrons. The number of amides is 1. The van der Waals surface area contributed by atoms with Crippen molar-refractivity contribution in [2.45, 2.75) is 17.7 Å². The van der Waals surface area contributed by atoms with E-state index in [-0.39, 0.29) is 42.5 Å². The molecule has 2 heterocycles. The number of sulfonamides is 1. The molecule has 1 aliphatic rings. The highest BCUT2D eigenvalue weighted by Gasteiger charge is 2.30. The average Bonchev–Trinajstić information content (AvgIpc) is 3.32. The Kier molecular flexibility index (Phi) is 5.99. The van der Waals surface area contributed by atoms with Crippen molar-refractivity contribution in [1.82, 2.24) is 9.21 Å². The lowest BCUT2D eigenvalue weighted by atomic mass is 10.1. The van der Waals surface area contributed by atoms with Crippen LogP contribution in [0.1, 0.15) is 22.5 Å². The van der Waals surface area contributed by atoms with Gasteiger partial charge in [0.1, 0.15) is 0 Å². The van der Waals surface area contributed by atoms with Gasteiger partial charge in [-0.2, -0.15) is 4.31 Å². The molecule has 0 aliphatic carbocycles. The van der Waals surface area contributed by atoms with Gasteiger partial charge in [-0.15, -0.1) is 11.3 Å². The Balaban J connectivity index is 1.36. The number of piperazine rings is 1. The topological polar surface area (TPSA) is 74.8 Å². The molecular weight excluding hydrogens is 420 g/mol. The van der Waals surface area contributed by atoms with Gasteiger partial charge in [0.25, 0.3) is 0 Å². The van der Waals surface area contributed by atoms with E-state index >= 15 is 0 Å². The lowest BCUT2D eigenvalue weighted by molar-refractivity contribution is -0.132. The summed E-state index contributed by atoms with van der Waals surface area (Å²) in [6.07, 6.45) is 0.323. The Labute approximate surface area is 179 Å². The number of carbonyl (C=O) groups excluding carboxylic acids is 2. The summed E-state index contributed by atoms with van der Waals surface area (Å²) >= 11 is 1.37. The van der Waals surface area contributed by atoms with Crippen LogP contribution >= 0.6 is 11.3 Å². The van der Waals surface area contributed by atoms with Crippen LogP contribution in [0.4, 0.5) is 0 Å². The zero-order valence-electron chi connectivity index (χ0n) is 16.4. The Bertz CT molecular complexity index is 1160. The van der Waals surface area contributed by atoms with Gasteiger partial charge in [-0.25, -0.2) is 8.42 Å². The van der Waals surface area contributed by atoms with Crippen molar-refractivity contribution in [3.8, 4) is 0 Å². The van der Waals surface area contributed by atoms with Gasteiger partial charge in [-0.05, 0) is 34.4 Å². The molecule has 0 bridgehead atoms. The first-order valence-corrected chi connectivity index (χ1v) is 12.1. The highest BCUT2D eigenvalue weighted by atomic mass is 32.2. The van der Waals surface area contributed by atoms with Gasteiger partial charge >= 0.3 is 0 Å². The fourth-order valence-corrected chi connectivity index (χ4v) is 5.75. The van der Waals surface area contributed by atoms with Crippen molar-refractivity contribution < 1.29 is 18.0 Å². The van der Waals surface area contributed by atoms with E-state index in [0.29, 0.717) is 18.0 Å². The van der Waals surface area contributed by atoms with Crippen molar-refractivity contribution in [2.75, 3.05) is 26.2 Å². The van der Waals surface area contributed by atoms with Gasteiger partial charge in [-0.1, -0.05) is 36.4 Å². The van der Waals surface area contributed by atoms with Crippen LogP contribution in [0.3, 0.4) is 0 Å². The summed E-state index contributed by atoms with van der Waals surface area (Å²) in [5.41, 5.74) is 0. The average molecular weight is 443 g/mol. The summed E-state index contributed by atoms with van der Waals surface area (Å²) < 4.78 is 27.5. The highest BCUT2D eigenvalue weighted by molar-refractivity contribution is 7.89. The number of thiophene rings is 1. The highest BCUT2D eigenvalue weighted by Crippen LogP contribution is 2.23. The third kappa shape index (κ3) is 4.30. The molecule has 1 aromatic heterocycles. The summed E-state index contributed by atoms with van der Waals surface area (Å²) in [6, 6.07) is 16.3. The minimum atomic E-state index is -3.62. The summed E-state index contributed by atoms with van der Waals surface area (Å²) in [5.74, 6) is -0.140. The minimum Gasteiger partial charge on any atom is -0.340 e. The Hall–Kier alpha value is -2.55. The van der Waals surface area contributed by atoms with Crippen molar-refractivity contribution in [3.63, 3.8) is 0 Å². The standard InChI is InChI=1S/C22H22N2O4S2/c25-20(21-6-3-15-29-21)9-10-22(26)23-11-13-24(14-12-23)30(27,28)19-8-7-17-4-1-2-5-18(17)16-19/h1-8,15-16H,9-14H2. The fourth-order valence-electron chi connectivity index (χ4n) is 3.59. The van der Waals surface area contributed by atoms with E-state index in [0.717, 1.165) is 10.8 Å². The Morgan fingerprint density at radius 1 is 0.867 bits per heavy atom. The van der Waals surface area contributed by atoms with Crippen LogP contribution in [0.2, 0.25) is 0 Å². The van der Waals surface area contributed by atoms with Gasteiger partial charge in [0, 0.05) is 39.0 Å². The van der Waals surface area contributed by atoms with Gasteiger partial charge in [-0.3, -0.25) is 9.59 Å². The Morgan fingerprint density at radius 3 is 2.30 bits per heavy atom. The van der Waals surface area contributed by atoms with E-state index in [1.165, 1.54) is 15.6 Å². The molecule has 3 aromatic rings. The molecule has 1 aliphatic heterocycles. The number of benzene rings is 2. The summed E-state index contributed by atoms with van der Waals surface area (Å²) in [4.78, 5) is 27.1. The van der Waals surface area contributed by atoms with Gasteiger partial charge < -0.3 is 4.90 Å². The third-order valence-electron chi connectivity index (χ3n) is 5.31. The maximum atomic E-state index is 13.0. The number of hydrogen-bond acceptors (Lipinski definition) is 5. The van der Waals surface area contributed by atoms with E-state index in [1.54, 1.807) is 23.1 Å². The summed E-state index contributed by atoms with van der Waals surface area (Å²) in [6.45, 7) is 1.16. The normalized spacial score (nSPS) is 15.4. The third-order valence-corrected chi connectivity index (χ3v) is 8.12. The van der Waals surface area contributed by atoms with Crippen LogP contribution in [0.15, 0.2) is 64.9 Å². The zero-order valence-corrected chi connectivity index (χ0v) is 18.0. The second kappa shape index (κ2) is 8.67. The molecular formula is C22H22N2O4S2. The van der Waals surface area contributed by atoms with Crippen LogP contribution < -0.4 is 0 Å². The van der Waals surface area contributed by atoms with Crippen molar-refractivity contribution >= 4 is 43.8 Å². The van der Waals surface area contributed by atoms with E-state index in [2.05, 4.69) is 0 Å². The monoisotopic (exact) mass is 442 g/mol. The summed E-state index contributed by atoms with van der Waals surface area (Å²) in [7, 11) is -3.62. The lowest BCUT2D eigenvalue weighted by Gasteiger charge is -2.34. The molecule has 156 valence electrons. The number of carbonyl (C=O) groups is 2. The minimum absolute atomic E-state index is 0.0316. The smallest absolute Gasteiger partial charge is 0.243 e. The SMILES string of the molecule is O=C(CCC(=O)N1CCN(S(=O)(=O)c2ccc3ccccc3c2)CC1)c1cccs1. The van der Waals surface area contributed by atoms with Crippen molar-refractivity contribution in [1.29, 1.82) is 0 Å². The molecule has 4 rings (SSSR count). The van der Waals surface area contributed by atoms with Crippen LogP contribution in [-0.2, 0) is 14.8 Å². The maximum absolute atomic E-state index is 13.0. The summed E-state index contributed by atoms with van der Waals surface area (Å²) in [5, 5.41) is 3.70. The molecule has 30 heavy (non-hydrogen) atoms. The number of fused-ring (bicyclic) bond motifs is 1. The molecule has 0 spiro atoms. The Morgan fingerprint density at radius 2 is 1.60 bits per heavy atom. The molecule has 6 nitrogen and oxygen atoms in total. The molecule has 0 atom stereocenters. The van der Waals surface area contributed by atoms with Crippen LogP contribution in [0, 0.1) is 0 Å². The molecule has 8 heteroatoms. The number of rotatable bonds is 6. The van der Waals surface area contributed by atoms with Gasteiger partial charge in [0.2, 0.25) is 15.9 Å². The molecule has 1 saturated heterocycles. The predicted molar refractivity (Wildman–Crippen MR) is 117 cm³/mol. The first-order chi connectivity index (χ1) is 14.4. The number of Topliss-reactive ketones (excluding diaryl/α,β-unsaturated/α-hetero) is 1. The molecule has 1 fully saturated rings. The van der Waals surface area contributed by atoms with E-state index in [4.69, 9.17) is 0 Å². The van der Waals surface area contributed by atoms with Crippen molar-refractivity contribution in [2.24, 2.45) is 0 Å². The second-order valence-corrected chi connectivity index (χ2v) is 10.1. The molecule has 0 unspecified atom stereocenters. The van der Waals surface area contributed by atoms with Crippen LogP contribution in [-0.4, -0.2) is 55.5 Å². The predicted octanol–water partition coefficient (Wildman–Crippen LogP) is 3.40. The quantitative estimate of drug-likeness (QED) is 0.549. The lowest BCUT2D eigenvalue weighted by Crippen LogP contribution is -2.50. The largest absolute Gasteiger partial charge is 0.340 e. The van der Waals surface area contributed by atoms with Crippen molar-refractivity contribution in [3.05, 3.63) is 64.9 Å². The maximum Gasteiger partial charge on any atom is 0.243 e. The van der Waals surface area contributed by atoms with Crippen LogP contribution in [0.5, 0.6) is 0 Å². The first kappa shape index (κ1) is 20.7. The van der Waals surface area contributed by atoms with E-state index in [9.17, 15) is 18.0 Å². The number of ketones is 1. The van der Waals surface area contributed by atoms with E-state index < -0.39 is 10.0 Å². The van der Waals surface area contributed by atoms with E-state index in [1.807, 2.05) is 41.8 Å². The van der Waals surface area contributed by atoms with Crippen LogP contribution in [0.25, 0.3) is 10.8 Å². The zero-order chi connectivity index (χ0) is 21.1. The molecule has 1 amide bonds. The van der Waals surface area contributed by atoms with Gasteiger partial charge in [0.15, 0.2) is 5.78 Å². The fraction of sp³-hybridized carbons (Fsp3) is 0.273.